The molecule has 0 heterocycles. The van der Waals surface area contributed by atoms with Gasteiger partial charge in [0.1, 0.15) is 11.9 Å². The predicted molar refractivity (Wildman–Crippen MR) is 67.1 cm³/mol. The van der Waals surface area contributed by atoms with Gasteiger partial charge in [-0.15, -0.1) is 0 Å². The van der Waals surface area contributed by atoms with E-state index in [1.165, 1.54) is 0 Å². The third kappa shape index (κ3) is 2.77. The molecule has 0 spiro atoms. The lowest BCUT2D eigenvalue weighted by molar-refractivity contribution is -0.386. The molecule has 0 aromatic heterocycles. The molecule has 1 aromatic carbocycles. The first kappa shape index (κ1) is 12.8. The molecule has 7 heteroatoms. The van der Waals surface area contributed by atoms with Crippen LogP contribution in [0.2, 0.25) is 0 Å². The Morgan fingerprint density at radius 1 is 1.47 bits per heavy atom. The number of halogens is 3. The normalized spacial score (nSPS) is 23.0. The van der Waals surface area contributed by atoms with Gasteiger partial charge in [0.15, 0.2) is 5.75 Å². The topological polar surface area (TPSA) is 52.4 Å². The Labute approximate surface area is 114 Å². The molecule has 1 aliphatic rings. The Balaban J connectivity index is 2.25. The number of hydrogen-bond donors (Lipinski definition) is 0. The minimum Gasteiger partial charge on any atom is -0.483 e. The summed E-state index contributed by atoms with van der Waals surface area (Å²) in [6.45, 7) is 0. The first-order valence-corrected chi connectivity index (χ1v) is 6.62. The van der Waals surface area contributed by atoms with E-state index >= 15 is 0 Å². The molecule has 2 rings (SSSR count). The van der Waals surface area contributed by atoms with E-state index in [9.17, 15) is 14.5 Å². The fourth-order valence-corrected chi connectivity index (χ4v) is 2.70. The van der Waals surface area contributed by atoms with E-state index in [1.54, 1.807) is 0 Å². The highest BCUT2D eigenvalue weighted by atomic mass is 79.9. The minimum atomic E-state index is -0.580. The number of benzene rings is 1. The van der Waals surface area contributed by atoms with Crippen molar-refractivity contribution in [3.8, 4) is 5.75 Å². The lowest BCUT2D eigenvalue weighted by Crippen LogP contribution is -2.34. The van der Waals surface area contributed by atoms with E-state index in [-0.39, 0.29) is 22.0 Å². The number of alkyl halides is 1. The fraction of sp³-hybridized carbons (Fsp3) is 0.400. The molecule has 0 unspecified atom stereocenters. The number of nitro benzene ring substituents is 1. The molecule has 1 aliphatic carbocycles. The van der Waals surface area contributed by atoms with Crippen LogP contribution in [0.15, 0.2) is 16.6 Å². The van der Waals surface area contributed by atoms with Crippen molar-refractivity contribution in [1.29, 1.82) is 0 Å². The van der Waals surface area contributed by atoms with Gasteiger partial charge < -0.3 is 4.74 Å². The number of hydrogen-bond acceptors (Lipinski definition) is 3. The summed E-state index contributed by atoms with van der Waals surface area (Å²) in [7, 11) is 0. The Kier molecular flexibility index (Phi) is 3.67. The minimum absolute atomic E-state index is 0.0138. The molecule has 0 bridgehead atoms. The first-order valence-electron chi connectivity index (χ1n) is 4.91. The second kappa shape index (κ2) is 4.89. The number of ether oxygens (including phenoxy) is 1. The predicted octanol–water partition coefficient (Wildman–Crippen LogP) is 3.80. The first-order chi connectivity index (χ1) is 7.97. The molecule has 92 valence electrons. The molecule has 1 saturated carbocycles. The third-order valence-electron chi connectivity index (χ3n) is 2.53. The number of nitro groups is 1. The summed E-state index contributed by atoms with van der Waals surface area (Å²) in [6.07, 6.45) is 1.46. The molecular weight excluding hydrogens is 361 g/mol. The third-order valence-corrected chi connectivity index (χ3v) is 3.88. The second-order valence-corrected chi connectivity index (χ2v) is 5.95. The molecule has 0 N–H and O–H groups in total. The van der Waals surface area contributed by atoms with Crippen molar-refractivity contribution in [2.75, 3.05) is 0 Å². The van der Waals surface area contributed by atoms with Crippen molar-refractivity contribution in [2.24, 2.45) is 0 Å². The summed E-state index contributed by atoms with van der Waals surface area (Å²) >= 11 is 6.30. The highest BCUT2D eigenvalue weighted by Crippen LogP contribution is 2.37. The molecule has 0 radical (unpaired) electrons. The summed E-state index contributed by atoms with van der Waals surface area (Å²) in [5, 5.41) is 10.8. The summed E-state index contributed by atoms with van der Waals surface area (Å²) in [5.41, 5.74) is -0.226. The average molecular weight is 369 g/mol. The van der Waals surface area contributed by atoms with E-state index in [1.807, 2.05) is 0 Å². The van der Waals surface area contributed by atoms with E-state index in [4.69, 9.17) is 4.74 Å². The Morgan fingerprint density at radius 3 is 2.65 bits per heavy atom. The van der Waals surface area contributed by atoms with Crippen molar-refractivity contribution >= 4 is 37.5 Å². The van der Waals surface area contributed by atoms with E-state index in [0.29, 0.717) is 4.83 Å². The van der Waals surface area contributed by atoms with Crippen LogP contribution in [0, 0.1) is 15.9 Å². The van der Waals surface area contributed by atoms with Crippen LogP contribution in [-0.2, 0) is 0 Å². The van der Waals surface area contributed by atoms with Crippen molar-refractivity contribution in [3.63, 3.8) is 0 Å². The molecule has 1 fully saturated rings. The van der Waals surface area contributed by atoms with Crippen LogP contribution in [0.5, 0.6) is 5.75 Å². The molecule has 0 atom stereocenters. The van der Waals surface area contributed by atoms with Gasteiger partial charge in [-0.2, -0.15) is 0 Å². The lowest BCUT2D eigenvalue weighted by atomic mass is 9.96. The van der Waals surface area contributed by atoms with Gasteiger partial charge in [0.2, 0.25) is 0 Å². The zero-order chi connectivity index (χ0) is 12.6. The maximum atomic E-state index is 13.3. The summed E-state index contributed by atoms with van der Waals surface area (Å²) < 4.78 is 18.8. The van der Waals surface area contributed by atoms with Gasteiger partial charge in [-0.3, -0.25) is 10.1 Å². The van der Waals surface area contributed by atoms with E-state index in [2.05, 4.69) is 31.9 Å². The quantitative estimate of drug-likeness (QED) is 0.463. The molecule has 17 heavy (non-hydrogen) atoms. The second-order valence-electron chi connectivity index (χ2n) is 3.80. The van der Waals surface area contributed by atoms with Crippen molar-refractivity contribution in [3.05, 3.63) is 32.5 Å². The SMILES string of the molecule is O=[N+]([O-])c1cc(Br)c(F)cc1OC1CC(Br)C1. The maximum Gasteiger partial charge on any atom is 0.312 e. The van der Waals surface area contributed by atoms with Crippen LogP contribution in [0.4, 0.5) is 10.1 Å². The van der Waals surface area contributed by atoms with Crippen LogP contribution < -0.4 is 4.74 Å². The average Bonchev–Trinajstić information content (AvgIpc) is 2.20. The standard InChI is InChI=1S/C10H8Br2FNO3/c11-5-1-6(2-5)17-10-4-8(13)7(12)3-9(10)14(15)16/h3-6H,1-2H2. The number of rotatable bonds is 3. The molecule has 0 amide bonds. The zero-order valence-electron chi connectivity index (χ0n) is 8.53. The van der Waals surface area contributed by atoms with E-state index < -0.39 is 10.7 Å². The molecule has 4 nitrogen and oxygen atoms in total. The van der Waals surface area contributed by atoms with Crippen molar-refractivity contribution in [1.82, 2.24) is 0 Å². The Morgan fingerprint density at radius 2 is 2.12 bits per heavy atom. The Bertz CT molecular complexity index is 463. The Hall–Kier alpha value is -0.690. The summed E-state index contributed by atoms with van der Waals surface area (Å²) in [5.74, 6) is -0.583. The van der Waals surface area contributed by atoms with Crippen LogP contribution >= 0.6 is 31.9 Å². The van der Waals surface area contributed by atoms with Crippen LogP contribution in [0.25, 0.3) is 0 Å². The van der Waals surface area contributed by atoms with Crippen molar-refractivity contribution in [2.45, 2.75) is 23.8 Å². The number of nitrogens with zero attached hydrogens (tertiary/aromatic N) is 1. The van der Waals surface area contributed by atoms with Crippen LogP contribution in [-0.4, -0.2) is 15.9 Å². The molecule has 0 aliphatic heterocycles. The molecule has 1 aromatic rings. The molecular formula is C10H8Br2FNO3. The highest BCUT2D eigenvalue weighted by molar-refractivity contribution is 9.10. The highest BCUT2D eigenvalue weighted by Gasteiger charge is 2.31. The van der Waals surface area contributed by atoms with Gasteiger partial charge in [0.05, 0.1) is 9.40 Å². The summed E-state index contributed by atoms with van der Waals surface area (Å²) in [4.78, 5) is 10.6. The van der Waals surface area contributed by atoms with Gasteiger partial charge in [-0.1, -0.05) is 15.9 Å². The fourth-order valence-electron chi connectivity index (χ4n) is 1.53. The molecule has 0 saturated heterocycles. The van der Waals surface area contributed by atoms with Crippen LogP contribution in [0.3, 0.4) is 0 Å². The van der Waals surface area contributed by atoms with Crippen LogP contribution in [0.1, 0.15) is 12.8 Å². The van der Waals surface area contributed by atoms with Gasteiger partial charge in [0, 0.05) is 17.0 Å². The van der Waals surface area contributed by atoms with Gasteiger partial charge >= 0.3 is 5.69 Å². The van der Waals surface area contributed by atoms with E-state index in [0.717, 1.165) is 25.0 Å². The lowest BCUT2D eigenvalue weighted by Gasteiger charge is -2.31. The zero-order valence-corrected chi connectivity index (χ0v) is 11.7. The monoisotopic (exact) mass is 367 g/mol. The largest absolute Gasteiger partial charge is 0.483 e. The summed E-state index contributed by atoms with van der Waals surface area (Å²) in [6, 6.07) is 2.17. The van der Waals surface area contributed by atoms with Gasteiger partial charge in [-0.05, 0) is 28.8 Å². The van der Waals surface area contributed by atoms with Crippen molar-refractivity contribution < 1.29 is 14.1 Å². The maximum absolute atomic E-state index is 13.3. The van der Waals surface area contributed by atoms with Gasteiger partial charge in [0.25, 0.3) is 0 Å². The smallest absolute Gasteiger partial charge is 0.312 e. The van der Waals surface area contributed by atoms with Gasteiger partial charge in [-0.25, -0.2) is 4.39 Å².